The zero-order valence-electron chi connectivity index (χ0n) is 9.68. The molecule has 0 aliphatic heterocycles. The molecule has 2 N–H and O–H groups in total. The lowest BCUT2D eigenvalue weighted by atomic mass is 10.2. The standard InChI is InChI=1S/C14H15NOS/c1-10-2-7-13(14(17)8-10)16-12-5-3-11(9-15)4-6-12/h2-8,17H,9,15H2,1H3. The fourth-order valence-electron chi connectivity index (χ4n) is 1.53. The van der Waals surface area contributed by atoms with Crippen molar-refractivity contribution in [2.24, 2.45) is 5.73 Å². The van der Waals surface area contributed by atoms with Crippen LogP contribution in [0.15, 0.2) is 47.4 Å². The maximum Gasteiger partial charge on any atom is 0.140 e. The van der Waals surface area contributed by atoms with E-state index in [-0.39, 0.29) is 0 Å². The van der Waals surface area contributed by atoms with E-state index in [1.54, 1.807) is 0 Å². The fraction of sp³-hybridized carbons (Fsp3) is 0.143. The van der Waals surface area contributed by atoms with Gasteiger partial charge in [0.2, 0.25) is 0 Å². The molecule has 2 aromatic carbocycles. The third-order valence-electron chi connectivity index (χ3n) is 2.50. The lowest BCUT2D eigenvalue weighted by Gasteiger charge is -2.09. The van der Waals surface area contributed by atoms with Crippen LogP contribution in [0.5, 0.6) is 11.5 Å². The summed E-state index contributed by atoms with van der Waals surface area (Å²) < 4.78 is 5.75. The second kappa shape index (κ2) is 5.25. The summed E-state index contributed by atoms with van der Waals surface area (Å²) in [7, 11) is 0. The van der Waals surface area contributed by atoms with Crippen LogP contribution in [-0.4, -0.2) is 0 Å². The molecule has 0 amide bonds. The van der Waals surface area contributed by atoms with Gasteiger partial charge in [-0.2, -0.15) is 0 Å². The lowest BCUT2D eigenvalue weighted by Crippen LogP contribution is -1.95. The van der Waals surface area contributed by atoms with Gasteiger partial charge in [-0.25, -0.2) is 0 Å². The predicted octanol–water partition coefficient (Wildman–Crippen LogP) is 3.53. The van der Waals surface area contributed by atoms with Crippen LogP contribution in [-0.2, 0) is 6.54 Å². The van der Waals surface area contributed by atoms with Gasteiger partial charge in [-0.3, -0.25) is 0 Å². The Balaban J connectivity index is 2.19. The third kappa shape index (κ3) is 3.02. The minimum absolute atomic E-state index is 0.544. The molecule has 3 heteroatoms. The summed E-state index contributed by atoms with van der Waals surface area (Å²) in [6.07, 6.45) is 0. The zero-order chi connectivity index (χ0) is 12.3. The van der Waals surface area contributed by atoms with E-state index in [1.807, 2.05) is 49.4 Å². The van der Waals surface area contributed by atoms with Crippen molar-refractivity contribution >= 4 is 12.6 Å². The molecule has 0 aromatic heterocycles. The number of benzene rings is 2. The van der Waals surface area contributed by atoms with Gasteiger partial charge in [0.1, 0.15) is 11.5 Å². The Labute approximate surface area is 107 Å². The van der Waals surface area contributed by atoms with E-state index in [9.17, 15) is 0 Å². The highest BCUT2D eigenvalue weighted by molar-refractivity contribution is 7.80. The molecule has 0 spiro atoms. The molecule has 0 aliphatic carbocycles. The summed E-state index contributed by atoms with van der Waals surface area (Å²) in [6, 6.07) is 13.7. The van der Waals surface area contributed by atoms with Gasteiger partial charge in [0, 0.05) is 11.4 Å². The van der Waals surface area contributed by atoms with E-state index < -0.39 is 0 Å². The Hall–Kier alpha value is -1.45. The average Bonchev–Trinajstić information content (AvgIpc) is 2.34. The number of ether oxygens (including phenoxy) is 1. The van der Waals surface area contributed by atoms with Crippen LogP contribution in [0.2, 0.25) is 0 Å². The van der Waals surface area contributed by atoms with E-state index in [2.05, 4.69) is 12.6 Å². The molecular formula is C14H15NOS. The molecule has 17 heavy (non-hydrogen) atoms. The van der Waals surface area contributed by atoms with Crippen LogP contribution in [0.25, 0.3) is 0 Å². The van der Waals surface area contributed by atoms with Gasteiger partial charge in [-0.15, -0.1) is 12.6 Å². The Morgan fingerprint density at radius 2 is 1.82 bits per heavy atom. The molecule has 2 rings (SSSR count). The third-order valence-corrected chi connectivity index (χ3v) is 2.85. The van der Waals surface area contributed by atoms with Crippen molar-refractivity contribution in [3.8, 4) is 11.5 Å². The summed E-state index contributed by atoms with van der Waals surface area (Å²) in [5.74, 6) is 1.56. The second-order valence-electron chi connectivity index (χ2n) is 3.92. The molecule has 0 bridgehead atoms. The van der Waals surface area contributed by atoms with Crippen molar-refractivity contribution in [3.63, 3.8) is 0 Å². The molecule has 0 fully saturated rings. The predicted molar refractivity (Wildman–Crippen MR) is 72.8 cm³/mol. The summed E-state index contributed by atoms with van der Waals surface area (Å²) >= 11 is 4.39. The van der Waals surface area contributed by atoms with E-state index >= 15 is 0 Å². The van der Waals surface area contributed by atoms with Crippen molar-refractivity contribution in [1.82, 2.24) is 0 Å². The zero-order valence-corrected chi connectivity index (χ0v) is 10.6. The topological polar surface area (TPSA) is 35.2 Å². The van der Waals surface area contributed by atoms with Crippen molar-refractivity contribution in [2.75, 3.05) is 0 Å². The van der Waals surface area contributed by atoms with Crippen LogP contribution in [0, 0.1) is 6.92 Å². The smallest absolute Gasteiger partial charge is 0.140 e. The van der Waals surface area contributed by atoms with Crippen LogP contribution >= 0.6 is 12.6 Å². The van der Waals surface area contributed by atoms with Gasteiger partial charge >= 0.3 is 0 Å². The van der Waals surface area contributed by atoms with Gasteiger partial charge in [0.05, 0.1) is 0 Å². The largest absolute Gasteiger partial charge is 0.456 e. The van der Waals surface area contributed by atoms with Gasteiger partial charge < -0.3 is 10.5 Å². The number of rotatable bonds is 3. The molecule has 2 nitrogen and oxygen atoms in total. The summed E-state index contributed by atoms with van der Waals surface area (Å²) in [6.45, 7) is 2.57. The monoisotopic (exact) mass is 245 g/mol. The second-order valence-corrected chi connectivity index (χ2v) is 4.40. The highest BCUT2D eigenvalue weighted by Gasteiger charge is 2.02. The first-order chi connectivity index (χ1) is 8.19. The van der Waals surface area contributed by atoms with Crippen LogP contribution in [0.1, 0.15) is 11.1 Å². The van der Waals surface area contributed by atoms with Crippen LogP contribution in [0.3, 0.4) is 0 Å². The fourth-order valence-corrected chi connectivity index (χ4v) is 1.86. The number of aryl methyl sites for hydroxylation is 1. The Morgan fingerprint density at radius 1 is 1.12 bits per heavy atom. The molecular weight excluding hydrogens is 230 g/mol. The van der Waals surface area contributed by atoms with E-state index in [0.717, 1.165) is 22.0 Å². The minimum atomic E-state index is 0.544. The normalized spacial score (nSPS) is 10.3. The Bertz CT molecular complexity index is 508. The molecule has 0 radical (unpaired) electrons. The van der Waals surface area contributed by atoms with Crippen LogP contribution in [0.4, 0.5) is 0 Å². The van der Waals surface area contributed by atoms with Gasteiger partial charge in [-0.05, 0) is 42.3 Å². The number of hydrogen-bond acceptors (Lipinski definition) is 3. The van der Waals surface area contributed by atoms with Crippen molar-refractivity contribution in [1.29, 1.82) is 0 Å². The van der Waals surface area contributed by atoms with Gasteiger partial charge in [-0.1, -0.05) is 18.2 Å². The molecule has 0 aliphatic rings. The van der Waals surface area contributed by atoms with Crippen LogP contribution < -0.4 is 10.5 Å². The number of hydrogen-bond donors (Lipinski definition) is 2. The Morgan fingerprint density at radius 3 is 2.41 bits per heavy atom. The number of thiol groups is 1. The van der Waals surface area contributed by atoms with Crippen molar-refractivity contribution < 1.29 is 4.74 Å². The summed E-state index contributed by atoms with van der Waals surface area (Å²) in [5.41, 5.74) is 7.80. The average molecular weight is 245 g/mol. The SMILES string of the molecule is Cc1ccc(Oc2ccc(CN)cc2)c(S)c1. The van der Waals surface area contributed by atoms with E-state index in [0.29, 0.717) is 6.54 Å². The maximum absolute atomic E-state index is 5.75. The number of nitrogens with two attached hydrogens (primary N) is 1. The first kappa shape index (κ1) is 12.0. The van der Waals surface area contributed by atoms with Gasteiger partial charge in [0.25, 0.3) is 0 Å². The molecule has 0 unspecified atom stereocenters. The highest BCUT2D eigenvalue weighted by Crippen LogP contribution is 2.28. The van der Waals surface area contributed by atoms with E-state index in [1.165, 1.54) is 5.56 Å². The maximum atomic E-state index is 5.75. The van der Waals surface area contributed by atoms with Crippen molar-refractivity contribution in [2.45, 2.75) is 18.4 Å². The van der Waals surface area contributed by atoms with Crippen molar-refractivity contribution in [3.05, 3.63) is 53.6 Å². The Kier molecular flexibility index (Phi) is 3.71. The molecule has 88 valence electrons. The quantitative estimate of drug-likeness (QED) is 0.811. The first-order valence-corrected chi connectivity index (χ1v) is 5.90. The lowest BCUT2D eigenvalue weighted by molar-refractivity contribution is 0.471. The van der Waals surface area contributed by atoms with Gasteiger partial charge in [0.15, 0.2) is 0 Å². The summed E-state index contributed by atoms with van der Waals surface area (Å²) in [5, 5.41) is 0. The first-order valence-electron chi connectivity index (χ1n) is 5.45. The van der Waals surface area contributed by atoms with E-state index in [4.69, 9.17) is 10.5 Å². The highest BCUT2D eigenvalue weighted by atomic mass is 32.1. The molecule has 0 atom stereocenters. The molecule has 2 aromatic rings. The molecule has 0 heterocycles. The molecule has 0 saturated heterocycles. The summed E-state index contributed by atoms with van der Waals surface area (Å²) in [4.78, 5) is 0.841. The minimum Gasteiger partial charge on any atom is -0.456 e. The molecule has 0 saturated carbocycles.